The summed E-state index contributed by atoms with van der Waals surface area (Å²) in [5.74, 6) is 0.526. The van der Waals surface area contributed by atoms with Gasteiger partial charge < -0.3 is 5.32 Å². The van der Waals surface area contributed by atoms with Gasteiger partial charge in [-0.05, 0) is 31.9 Å². The third-order valence-electron chi connectivity index (χ3n) is 6.34. The van der Waals surface area contributed by atoms with Gasteiger partial charge >= 0.3 is 5.91 Å². The number of rotatable bonds is 2. The smallest absolute Gasteiger partial charge is 0.316 e. The van der Waals surface area contributed by atoms with Crippen LogP contribution >= 0.6 is 0 Å². The van der Waals surface area contributed by atoms with Crippen molar-refractivity contribution in [1.29, 1.82) is 0 Å². The molecule has 0 bridgehead atoms. The van der Waals surface area contributed by atoms with Gasteiger partial charge in [-0.2, -0.15) is 0 Å². The highest BCUT2D eigenvalue weighted by Crippen LogP contribution is 2.39. The van der Waals surface area contributed by atoms with Crippen molar-refractivity contribution < 1.29 is 14.1 Å². The molecule has 1 N–H and O–H groups in total. The minimum Gasteiger partial charge on any atom is -0.316 e. The molecule has 2 saturated heterocycles. The molecule has 0 saturated carbocycles. The van der Waals surface area contributed by atoms with Crippen LogP contribution in [0.2, 0.25) is 0 Å². The number of benzene rings is 1. The maximum Gasteiger partial charge on any atom is 0.346 e. The number of Topliss-reactive ketones (excluding diaryl/α,β-unsaturated/α-hetero) is 1. The second kappa shape index (κ2) is 6.41. The number of nitrogens with zero attached hydrogens (tertiary/aromatic N) is 1. The van der Waals surface area contributed by atoms with E-state index in [1.807, 2.05) is 32.0 Å². The van der Waals surface area contributed by atoms with Gasteiger partial charge in [-0.1, -0.05) is 18.2 Å². The third kappa shape index (κ3) is 2.72. The van der Waals surface area contributed by atoms with Crippen LogP contribution in [0.1, 0.15) is 54.1 Å². The normalized spacial score (nSPS) is 23.0. The fraction of sp³-hybridized carbons (Fsp3) is 0.600. The Morgan fingerprint density at radius 3 is 2.17 bits per heavy atom. The predicted molar refractivity (Wildman–Crippen MR) is 95.0 cm³/mol. The molecule has 130 valence electrons. The van der Waals surface area contributed by atoms with Gasteiger partial charge in [0.05, 0.1) is 31.5 Å². The number of aryl methyl sites for hydroxylation is 2. The van der Waals surface area contributed by atoms with Gasteiger partial charge in [0.15, 0.2) is 0 Å². The summed E-state index contributed by atoms with van der Waals surface area (Å²) >= 11 is 0. The first kappa shape index (κ1) is 17.3. The summed E-state index contributed by atoms with van der Waals surface area (Å²) in [5.41, 5.74) is 2.88. The van der Waals surface area contributed by atoms with Gasteiger partial charge in [-0.15, -0.1) is 0 Å². The van der Waals surface area contributed by atoms with E-state index < -0.39 is 0 Å². The average molecular weight is 329 g/mol. The Labute approximate surface area is 144 Å². The van der Waals surface area contributed by atoms with Crippen LogP contribution in [0.3, 0.4) is 0 Å². The van der Waals surface area contributed by atoms with Crippen LogP contribution in [0.5, 0.6) is 0 Å². The molecule has 0 atom stereocenters. The molecule has 2 heterocycles. The van der Waals surface area contributed by atoms with Crippen molar-refractivity contribution in [1.82, 2.24) is 5.32 Å². The van der Waals surface area contributed by atoms with Crippen molar-refractivity contribution in [3.8, 4) is 0 Å². The Morgan fingerprint density at radius 1 is 1.08 bits per heavy atom. The predicted octanol–water partition coefficient (Wildman–Crippen LogP) is 2.77. The van der Waals surface area contributed by atoms with Crippen molar-refractivity contribution in [2.75, 3.05) is 26.2 Å². The molecule has 0 spiro atoms. The quantitative estimate of drug-likeness (QED) is 0.849. The van der Waals surface area contributed by atoms with Gasteiger partial charge in [0.1, 0.15) is 11.3 Å². The highest BCUT2D eigenvalue weighted by atomic mass is 16.2. The lowest BCUT2D eigenvalue weighted by Crippen LogP contribution is -2.71. The Kier molecular flexibility index (Phi) is 4.63. The van der Waals surface area contributed by atoms with E-state index in [9.17, 15) is 9.59 Å². The maximum atomic E-state index is 13.8. The second-order valence-electron chi connectivity index (χ2n) is 7.77. The first-order valence-electron chi connectivity index (χ1n) is 9.10. The molecule has 2 aliphatic rings. The fourth-order valence-electron chi connectivity index (χ4n) is 4.62. The first-order chi connectivity index (χ1) is 11.4. The first-order valence-corrected chi connectivity index (χ1v) is 9.10. The Hall–Kier alpha value is -1.52. The van der Waals surface area contributed by atoms with E-state index in [1.54, 1.807) is 0 Å². The lowest BCUT2D eigenvalue weighted by molar-refractivity contribution is -0.903. The molecule has 1 aromatic carbocycles. The van der Waals surface area contributed by atoms with Crippen molar-refractivity contribution in [3.05, 3.63) is 34.9 Å². The number of ketones is 1. The van der Waals surface area contributed by atoms with Gasteiger partial charge in [0.25, 0.3) is 0 Å². The minimum atomic E-state index is -0.0856. The summed E-state index contributed by atoms with van der Waals surface area (Å²) < 4.78 is 0.451. The molecule has 1 amide bonds. The molecule has 0 unspecified atom stereocenters. The largest absolute Gasteiger partial charge is 0.346 e. The van der Waals surface area contributed by atoms with Crippen molar-refractivity contribution in [2.45, 2.75) is 52.0 Å². The molecule has 1 aromatic rings. The van der Waals surface area contributed by atoms with E-state index in [1.165, 1.54) is 0 Å². The second-order valence-corrected chi connectivity index (χ2v) is 7.77. The lowest BCUT2D eigenvalue weighted by Gasteiger charge is -2.53. The summed E-state index contributed by atoms with van der Waals surface area (Å²) in [6.07, 6.45) is 3.02. The SMILES string of the molecule is Cc1cccc(C)c1C(=O)[N+]1(C2(C)CCNCC2)CCC(=O)CC1. The number of quaternary nitrogens is 1. The van der Waals surface area contributed by atoms with E-state index in [4.69, 9.17) is 0 Å². The number of hydrogen-bond acceptors (Lipinski definition) is 3. The number of amides is 1. The summed E-state index contributed by atoms with van der Waals surface area (Å²) in [5, 5.41) is 3.42. The molecular formula is C20H29N2O2+. The molecule has 2 fully saturated rings. The molecular weight excluding hydrogens is 300 g/mol. The van der Waals surface area contributed by atoms with Crippen LogP contribution in [-0.4, -0.2) is 47.9 Å². The zero-order valence-corrected chi connectivity index (χ0v) is 15.2. The summed E-state index contributed by atoms with van der Waals surface area (Å²) in [4.78, 5) is 25.7. The summed E-state index contributed by atoms with van der Waals surface area (Å²) in [6, 6.07) is 6.06. The highest BCUT2D eigenvalue weighted by Gasteiger charge is 2.55. The molecule has 0 aromatic heterocycles. The molecule has 0 aliphatic carbocycles. The Morgan fingerprint density at radius 2 is 1.62 bits per heavy atom. The zero-order chi connectivity index (χ0) is 17.4. The Bertz CT molecular complexity index is 629. The van der Waals surface area contributed by atoms with E-state index >= 15 is 0 Å². The van der Waals surface area contributed by atoms with Crippen LogP contribution in [0.15, 0.2) is 18.2 Å². The minimum absolute atomic E-state index is 0.0856. The number of nitrogens with one attached hydrogen (secondary N) is 1. The van der Waals surface area contributed by atoms with Crippen molar-refractivity contribution in [3.63, 3.8) is 0 Å². The van der Waals surface area contributed by atoms with Gasteiger partial charge in [-0.3, -0.25) is 9.28 Å². The average Bonchev–Trinajstić information content (AvgIpc) is 2.56. The lowest BCUT2D eigenvalue weighted by atomic mass is 9.81. The van der Waals surface area contributed by atoms with E-state index in [-0.39, 0.29) is 11.4 Å². The van der Waals surface area contributed by atoms with Crippen LogP contribution in [-0.2, 0) is 4.79 Å². The van der Waals surface area contributed by atoms with Gasteiger partial charge in [0, 0.05) is 25.9 Å². The van der Waals surface area contributed by atoms with Crippen molar-refractivity contribution >= 4 is 11.7 Å². The highest BCUT2D eigenvalue weighted by molar-refractivity contribution is 5.93. The fourth-order valence-corrected chi connectivity index (χ4v) is 4.62. The molecule has 3 rings (SSSR count). The monoisotopic (exact) mass is 329 g/mol. The number of carbonyl (C=O) groups is 2. The van der Waals surface area contributed by atoms with Crippen LogP contribution in [0.25, 0.3) is 0 Å². The zero-order valence-electron chi connectivity index (χ0n) is 15.2. The number of likely N-dealkylation sites (tertiary alicyclic amines) is 1. The van der Waals surface area contributed by atoms with E-state index in [0.29, 0.717) is 36.2 Å². The van der Waals surface area contributed by atoms with Gasteiger partial charge in [0.2, 0.25) is 0 Å². The Balaban J connectivity index is 2.08. The summed E-state index contributed by atoms with van der Waals surface area (Å²) in [6.45, 7) is 9.52. The maximum absolute atomic E-state index is 13.8. The van der Waals surface area contributed by atoms with Crippen LogP contribution < -0.4 is 5.32 Å². The summed E-state index contributed by atoms with van der Waals surface area (Å²) in [7, 11) is 0. The molecule has 4 nitrogen and oxygen atoms in total. The number of piperidine rings is 2. The van der Waals surface area contributed by atoms with Crippen molar-refractivity contribution in [2.24, 2.45) is 0 Å². The van der Waals surface area contributed by atoms with Crippen LogP contribution in [0.4, 0.5) is 0 Å². The standard InChI is InChI=1S/C20H29N2O2/c1-15-5-4-6-16(2)18(15)19(24)22(13-7-17(23)8-14-22)20(3)9-11-21-12-10-20/h4-6,21H,7-14H2,1-3H3/q+1. The van der Waals surface area contributed by atoms with Crippen LogP contribution in [0, 0.1) is 13.8 Å². The van der Waals surface area contributed by atoms with Gasteiger partial charge in [-0.25, -0.2) is 4.79 Å². The van der Waals surface area contributed by atoms with E-state index in [0.717, 1.165) is 42.6 Å². The number of carbonyl (C=O) groups excluding carboxylic acids is 2. The molecule has 4 heteroatoms. The van der Waals surface area contributed by atoms with E-state index in [2.05, 4.69) is 12.2 Å². The topological polar surface area (TPSA) is 46.2 Å². The molecule has 0 radical (unpaired) electrons. The molecule has 2 aliphatic heterocycles. The number of hydrogen-bond donors (Lipinski definition) is 1. The third-order valence-corrected chi connectivity index (χ3v) is 6.34. The molecule has 24 heavy (non-hydrogen) atoms.